The molecule has 1 aliphatic heterocycles. The van der Waals surface area contributed by atoms with Crippen LogP contribution in [0.1, 0.15) is 48.0 Å². The average Bonchev–Trinajstić information content (AvgIpc) is 3.07. The van der Waals surface area contributed by atoms with Gasteiger partial charge in [-0.2, -0.15) is 4.98 Å². The Kier molecular flexibility index (Phi) is 3.31. The molecule has 1 aliphatic carbocycles. The molecule has 1 atom stereocenters. The van der Waals surface area contributed by atoms with Gasteiger partial charge < -0.3 is 9.84 Å². The van der Waals surface area contributed by atoms with Gasteiger partial charge in [-0.15, -0.1) is 0 Å². The molecule has 0 amide bonds. The third kappa shape index (κ3) is 2.40. The van der Waals surface area contributed by atoms with E-state index in [4.69, 9.17) is 4.52 Å². The number of nitrogens with one attached hydrogen (secondary N) is 1. The van der Waals surface area contributed by atoms with Crippen LogP contribution in [0.15, 0.2) is 34.9 Å². The molecule has 1 aromatic carbocycles. The van der Waals surface area contributed by atoms with E-state index in [1.54, 1.807) is 0 Å². The molecule has 2 aromatic rings. The number of aromatic nitrogens is 2. The molecule has 21 heavy (non-hydrogen) atoms. The first-order valence-corrected chi connectivity index (χ1v) is 7.73. The Labute approximate surface area is 124 Å². The van der Waals surface area contributed by atoms with Crippen molar-refractivity contribution < 1.29 is 4.52 Å². The van der Waals surface area contributed by atoms with Crippen molar-refractivity contribution in [3.05, 3.63) is 53.2 Å². The lowest BCUT2D eigenvalue weighted by Gasteiger charge is -2.05. The summed E-state index contributed by atoms with van der Waals surface area (Å²) in [5, 5.41) is 7.64. The highest BCUT2D eigenvalue weighted by Gasteiger charge is 2.28. The molecule has 1 aromatic heterocycles. The van der Waals surface area contributed by atoms with Crippen molar-refractivity contribution >= 4 is 5.57 Å². The predicted molar refractivity (Wildman–Crippen MR) is 81.0 cm³/mol. The molecule has 4 nitrogen and oxygen atoms in total. The number of fused-ring (bicyclic) bond motifs is 1. The fraction of sp³-hybridized carbons (Fsp3) is 0.412. The first-order chi connectivity index (χ1) is 10.4. The van der Waals surface area contributed by atoms with Gasteiger partial charge in [-0.3, -0.25) is 0 Å². The van der Waals surface area contributed by atoms with Crippen LogP contribution >= 0.6 is 0 Å². The summed E-state index contributed by atoms with van der Waals surface area (Å²) >= 11 is 0. The molecule has 0 spiro atoms. The van der Waals surface area contributed by atoms with Gasteiger partial charge in [-0.25, -0.2) is 0 Å². The molecular weight excluding hydrogens is 262 g/mol. The van der Waals surface area contributed by atoms with E-state index in [2.05, 4.69) is 45.8 Å². The predicted octanol–water partition coefficient (Wildman–Crippen LogP) is 2.91. The maximum Gasteiger partial charge on any atom is 0.253 e. The topological polar surface area (TPSA) is 51.0 Å². The van der Waals surface area contributed by atoms with Crippen LogP contribution in [0.25, 0.3) is 5.57 Å². The minimum absolute atomic E-state index is 0.295. The van der Waals surface area contributed by atoms with Gasteiger partial charge in [0.25, 0.3) is 5.89 Å². The number of rotatable bonds is 2. The molecule has 1 N–H and O–H groups in total. The van der Waals surface area contributed by atoms with E-state index in [-0.39, 0.29) is 0 Å². The number of benzene rings is 1. The van der Waals surface area contributed by atoms with Gasteiger partial charge in [0.05, 0.1) is 0 Å². The van der Waals surface area contributed by atoms with E-state index in [0.717, 1.165) is 44.6 Å². The molecule has 4 heteroatoms. The highest BCUT2D eigenvalue weighted by molar-refractivity contribution is 5.58. The normalized spacial score (nSPS) is 21.7. The zero-order valence-electron chi connectivity index (χ0n) is 12.0. The molecule has 4 rings (SSSR count). The van der Waals surface area contributed by atoms with Crippen LogP contribution in [-0.2, 0) is 6.42 Å². The van der Waals surface area contributed by atoms with Gasteiger partial charge in [0, 0.05) is 11.5 Å². The molecule has 2 aliphatic rings. The molecule has 0 saturated heterocycles. The Morgan fingerprint density at radius 1 is 1.14 bits per heavy atom. The van der Waals surface area contributed by atoms with Crippen LogP contribution in [-0.4, -0.2) is 23.2 Å². The van der Waals surface area contributed by atoms with E-state index >= 15 is 0 Å². The van der Waals surface area contributed by atoms with Gasteiger partial charge in [0.1, 0.15) is 0 Å². The van der Waals surface area contributed by atoms with Crippen molar-refractivity contribution in [1.29, 1.82) is 0 Å². The number of nitrogens with zero attached hydrogens (tertiary/aromatic N) is 2. The molecular formula is C17H19N3O. The number of hydrogen-bond donors (Lipinski definition) is 1. The van der Waals surface area contributed by atoms with Crippen molar-refractivity contribution in [2.45, 2.75) is 31.6 Å². The summed E-state index contributed by atoms with van der Waals surface area (Å²) in [6.07, 6.45) is 6.40. The average molecular weight is 281 g/mol. The molecule has 0 fully saturated rings. The largest absolute Gasteiger partial charge is 0.334 e. The molecule has 1 unspecified atom stereocenters. The zero-order chi connectivity index (χ0) is 14.1. The van der Waals surface area contributed by atoms with Crippen LogP contribution in [0, 0.1) is 0 Å². The third-order valence-electron chi connectivity index (χ3n) is 4.44. The molecule has 108 valence electrons. The minimum atomic E-state index is 0.295. The Hall–Kier alpha value is -1.94. The summed E-state index contributed by atoms with van der Waals surface area (Å²) in [6.45, 7) is 2.01. The summed E-state index contributed by atoms with van der Waals surface area (Å²) < 4.78 is 5.53. The monoisotopic (exact) mass is 281 g/mol. The highest BCUT2D eigenvalue weighted by atomic mass is 16.5. The minimum Gasteiger partial charge on any atom is -0.334 e. The second-order valence-electron chi connectivity index (χ2n) is 5.77. The summed E-state index contributed by atoms with van der Waals surface area (Å²) in [4.78, 5) is 4.68. The fourth-order valence-corrected chi connectivity index (χ4v) is 3.32. The summed E-state index contributed by atoms with van der Waals surface area (Å²) in [5.74, 6) is 1.84. The molecule has 2 heterocycles. The fourth-order valence-electron chi connectivity index (χ4n) is 3.32. The Bertz CT molecular complexity index is 674. The van der Waals surface area contributed by atoms with Crippen molar-refractivity contribution in [1.82, 2.24) is 15.5 Å². The summed E-state index contributed by atoms with van der Waals surface area (Å²) in [7, 11) is 0. The van der Waals surface area contributed by atoms with Crippen LogP contribution in [0.5, 0.6) is 0 Å². The lowest BCUT2D eigenvalue weighted by atomic mass is 10.0. The van der Waals surface area contributed by atoms with Gasteiger partial charge in [-0.05, 0) is 49.9 Å². The summed E-state index contributed by atoms with van der Waals surface area (Å²) in [5.41, 5.74) is 3.97. The van der Waals surface area contributed by atoms with E-state index in [1.807, 2.05) is 0 Å². The van der Waals surface area contributed by atoms with Gasteiger partial charge >= 0.3 is 0 Å². The maximum atomic E-state index is 5.53. The van der Waals surface area contributed by atoms with Crippen LogP contribution in [0.3, 0.4) is 0 Å². The quantitative estimate of drug-likeness (QED) is 0.919. The van der Waals surface area contributed by atoms with Crippen molar-refractivity contribution in [3.8, 4) is 0 Å². The van der Waals surface area contributed by atoms with Crippen molar-refractivity contribution in [2.24, 2.45) is 0 Å². The number of hydrogen-bond acceptors (Lipinski definition) is 4. The van der Waals surface area contributed by atoms with Crippen LogP contribution in [0.4, 0.5) is 0 Å². The third-order valence-corrected chi connectivity index (χ3v) is 4.44. The number of aryl methyl sites for hydroxylation is 1. The standard InChI is InChI=1S/C17H19N3O/c1-2-6-14-12(4-1)7-8-15(14)16-19-17(21-20-16)13-5-3-10-18-11-9-13/h1-2,4-6,15,18H,3,7-11H2. The first kappa shape index (κ1) is 12.8. The van der Waals surface area contributed by atoms with E-state index < -0.39 is 0 Å². The van der Waals surface area contributed by atoms with E-state index in [9.17, 15) is 0 Å². The second-order valence-corrected chi connectivity index (χ2v) is 5.77. The smallest absolute Gasteiger partial charge is 0.253 e. The van der Waals surface area contributed by atoms with Gasteiger partial charge in [0.2, 0.25) is 0 Å². The lowest BCUT2D eigenvalue weighted by Crippen LogP contribution is -2.13. The van der Waals surface area contributed by atoms with Gasteiger partial charge in [-0.1, -0.05) is 35.5 Å². The Morgan fingerprint density at radius 3 is 3.10 bits per heavy atom. The van der Waals surface area contributed by atoms with E-state index in [1.165, 1.54) is 16.7 Å². The second kappa shape index (κ2) is 5.45. The van der Waals surface area contributed by atoms with Gasteiger partial charge in [0.15, 0.2) is 5.82 Å². The highest BCUT2D eigenvalue weighted by Crippen LogP contribution is 2.37. The molecule has 0 radical (unpaired) electrons. The first-order valence-electron chi connectivity index (χ1n) is 7.73. The molecule has 0 bridgehead atoms. The van der Waals surface area contributed by atoms with Crippen LogP contribution in [0.2, 0.25) is 0 Å². The summed E-state index contributed by atoms with van der Waals surface area (Å²) in [6, 6.07) is 8.59. The zero-order valence-corrected chi connectivity index (χ0v) is 12.0. The van der Waals surface area contributed by atoms with E-state index in [0.29, 0.717) is 11.8 Å². The maximum absolute atomic E-state index is 5.53. The molecule has 0 saturated carbocycles. The SMILES string of the molecule is C1=C(c2nc(C3CCc4ccccc43)no2)CCNCC1. The van der Waals surface area contributed by atoms with Crippen molar-refractivity contribution in [3.63, 3.8) is 0 Å². The Morgan fingerprint density at radius 2 is 2.10 bits per heavy atom. The van der Waals surface area contributed by atoms with Crippen molar-refractivity contribution in [2.75, 3.05) is 13.1 Å². The van der Waals surface area contributed by atoms with Crippen LogP contribution < -0.4 is 5.32 Å². The lowest BCUT2D eigenvalue weighted by molar-refractivity contribution is 0.396. The Balaban J connectivity index is 1.62.